The van der Waals surface area contributed by atoms with Crippen molar-refractivity contribution in [2.24, 2.45) is 0 Å². The van der Waals surface area contributed by atoms with E-state index in [-0.39, 0.29) is 5.56 Å². The fourth-order valence-corrected chi connectivity index (χ4v) is 3.67. The Bertz CT molecular complexity index is 793. The van der Waals surface area contributed by atoms with Gasteiger partial charge in [0, 0.05) is 28.5 Å². The van der Waals surface area contributed by atoms with E-state index in [0.29, 0.717) is 10.9 Å². The molecular weight excluding hydrogens is 318 g/mol. The number of hydrogen-bond acceptors (Lipinski definition) is 6. The molecule has 3 aromatic rings. The van der Waals surface area contributed by atoms with E-state index in [4.69, 9.17) is 4.42 Å². The van der Waals surface area contributed by atoms with Crippen LogP contribution >= 0.6 is 23.1 Å². The predicted octanol–water partition coefficient (Wildman–Crippen LogP) is 3.73. The predicted molar refractivity (Wildman–Crippen MR) is 88.2 cm³/mol. The van der Waals surface area contributed by atoms with Crippen LogP contribution in [0.15, 0.2) is 44.4 Å². The van der Waals surface area contributed by atoms with Crippen LogP contribution in [0.1, 0.15) is 24.7 Å². The van der Waals surface area contributed by atoms with Crippen LogP contribution in [0, 0.1) is 0 Å². The third kappa shape index (κ3) is 3.66. The molecule has 0 aliphatic carbocycles. The minimum absolute atomic E-state index is 0.0988. The van der Waals surface area contributed by atoms with Gasteiger partial charge in [-0.1, -0.05) is 25.1 Å². The van der Waals surface area contributed by atoms with E-state index in [1.54, 1.807) is 29.9 Å². The van der Waals surface area contributed by atoms with Gasteiger partial charge in [0.2, 0.25) is 0 Å². The Kier molecular flexibility index (Phi) is 4.74. The van der Waals surface area contributed by atoms with Crippen molar-refractivity contribution < 1.29 is 4.42 Å². The van der Waals surface area contributed by atoms with Crippen LogP contribution in [0.5, 0.6) is 0 Å². The van der Waals surface area contributed by atoms with E-state index in [2.05, 4.69) is 21.9 Å². The lowest BCUT2D eigenvalue weighted by molar-refractivity contribution is 0.568. The number of hydrogen-bond donors (Lipinski definition) is 1. The number of H-pyrrole nitrogens is 1. The van der Waals surface area contributed by atoms with Gasteiger partial charge in [0.1, 0.15) is 11.3 Å². The molecule has 0 saturated carbocycles. The summed E-state index contributed by atoms with van der Waals surface area (Å²) in [4.78, 5) is 23.4. The lowest BCUT2D eigenvalue weighted by atomic mass is 10.2. The van der Waals surface area contributed by atoms with Crippen LogP contribution in [0.4, 0.5) is 0 Å². The Morgan fingerprint density at radius 3 is 3.05 bits per heavy atom. The van der Waals surface area contributed by atoms with E-state index in [9.17, 15) is 4.79 Å². The first-order valence-electron chi connectivity index (χ1n) is 6.94. The van der Waals surface area contributed by atoms with Crippen molar-refractivity contribution in [2.75, 3.05) is 0 Å². The summed E-state index contributed by atoms with van der Waals surface area (Å²) in [5.41, 5.74) is 2.69. The first kappa shape index (κ1) is 15.1. The maximum absolute atomic E-state index is 11.6. The van der Waals surface area contributed by atoms with E-state index >= 15 is 0 Å². The summed E-state index contributed by atoms with van der Waals surface area (Å²) in [6, 6.07) is 3.45. The molecule has 0 aromatic carbocycles. The maximum Gasteiger partial charge on any atom is 0.251 e. The minimum Gasteiger partial charge on any atom is -0.472 e. The molecule has 0 fully saturated rings. The number of nitrogens with one attached hydrogen (secondary N) is 1. The Hall–Kier alpha value is -1.86. The van der Waals surface area contributed by atoms with Crippen LogP contribution in [-0.4, -0.2) is 15.0 Å². The molecule has 0 unspecified atom stereocenters. The van der Waals surface area contributed by atoms with Gasteiger partial charge < -0.3 is 9.40 Å². The second-order valence-electron chi connectivity index (χ2n) is 4.74. The highest BCUT2D eigenvalue weighted by molar-refractivity contribution is 7.98. The highest BCUT2D eigenvalue weighted by Crippen LogP contribution is 2.26. The van der Waals surface area contributed by atoms with Crippen LogP contribution in [-0.2, 0) is 12.2 Å². The molecule has 0 aliphatic rings. The highest BCUT2D eigenvalue weighted by atomic mass is 32.2. The van der Waals surface area contributed by atoms with Crippen molar-refractivity contribution in [3.8, 4) is 10.6 Å². The third-order valence-corrected chi connectivity index (χ3v) is 4.80. The number of thiazole rings is 1. The van der Waals surface area contributed by atoms with Crippen molar-refractivity contribution in [1.82, 2.24) is 15.0 Å². The Labute approximate surface area is 135 Å². The molecule has 0 aliphatic heterocycles. The van der Waals surface area contributed by atoms with Crippen molar-refractivity contribution >= 4 is 23.1 Å². The first-order valence-corrected chi connectivity index (χ1v) is 8.81. The number of aryl methyl sites for hydroxylation is 1. The van der Waals surface area contributed by atoms with Gasteiger partial charge in [-0.05, 0) is 12.5 Å². The molecule has 0 radical (unpaired) electrons. The number of furan rings is 1. The molecule has 3 aromatic heterocycles. The topological polar surface area (TPSA) is 71.8 Å². The molecule has 0 atom stereocenters. The van der Waals surface area contributed by atoms with Crippen molar-refractivity contribution in [1.29, 1.82) is 0 Å². The fourth-order valence-electron chi connectivity index (χ4n) is 1.97. The zero-order chi connectivity index (χ0) is 15.4. The summed E-state index contributed by atoms with van der Waals surface area (Å²) in [5.74, 6) is 0.673. The fraction of sp³-hybridized carbons (Fsp3) is 0.267. The molecule has 0 saturated heterocycles. The van der Waals surface area contributed by atoms with Gasteiger partial charge in [0.25, 0.3) is 5.56 Å². The van der Waals surface area contributed by atoms with Gasteiger partial charge in [-0.15, -0.1) is 11.3 Å². The normalized spacial score (nSPS) is 11.0. The molecule has 0 bridgehead atoms. The smallest absolute Gasteiger partial charge is 0.251 e. The van der Waals surface area contributed by atoms with Crippen LogP contribution in [0.25, 0.3) is 10.6 Å². The SMILES string of the molecule is CCCc1cc(=O)[nH]c(SCc2csc(-c3ccoc3)n2)n1. The van der Waals surface area contributed by atoms with E-state index in [0.717, 1.165) is 34.8 Å². The van der Waals surface area contributed by atoms with Gasteiger partial charge in [0.05, 0.1) is 12.0 Å². The third-order valence-electron chi connectivity index (χ3n) is 2.96. The lowest BCUT2D eigenvalue weighted by Gasteiger charge is -2.02. The summed E-state index contributed by atoms with van der Waals surface area (Å²) in [5, 5.41) is 3.60. The molecule has 1 N–H and O–H groups in total. The van der Waals surface area contributed by atoms with Crippen LogP contribution in [0.3, 0.4) is 0 Å². The van der Waals surface area contributed by atoms with Gasteiger partial charge in [0.15, 0.2) is 5.16 Å². The molecule has 5 nitrogen and oxygen atoms in total. The average molecular weight is 333 g/mol. The van der Waals surface area contributed by atoms with E-state index in [1.807, 2.05) is 11.4 Å². The summed E-state index contributed by atoms with van der Waals surface area (Å²) in [7, 11) is 0. The number of aromatic nitrogens is 3. The van der Waals surface area contributed by atoms with Crippen molar-refractivity contribution in [3.05, 3.63) is 51.8 Å². The molecule has 3 rings (SSSR count). The molecule has 7 heteroatoms. The Balaban J connectivity index is 1.69. The quantitative estimate of drug-likeness (QED) is 0.550. The Morgan fingerprint density at radius 1 is 1.36 bits per heavy atom. The minimum atomic E-state index is -0.0988. The average Bonchev–Trinajstić information content (AvgIpc) is 3.16. The number of thioether (sulfide) groups is 1. The van der Waals surface area contributed by atoms with E-state index in [1.165, 1.54) is 11.8 Å². The number of nitrogens with zero attached hydrogens (tertiary/aromatic N) is 2. The summed E-state index contributed by atoms with van der Waals surface area (Å²) in [6.45, 7) is 2.07. The second kappa shape index (κ2) is 6.93. The molecule has 3 heterocycles. The number of aromatic amines is 1. The van der Waals surface area contributed by atoms with Gasteiger partial charge in [-0.2, -0.15) is 0 Å². The largest absolute Gasteiger partial charge is 0.472 e. The standard InChI is InChI=1S/C15H15N3O2S2/c1-2-3-11-6-13(19)18-15(17-11)22-9-12-8-21-14(16-12)10-4-5-20-7-10/h4-8H,2-3,9H2,1H3,(H,17,18,19). The van der Waals surface area contributed by atoms with Gasteiger partial charge in [-0.25, -0.2) is 9.97 Å². The molecule has 0 spiro atoms. The summed E-state index contributed by atoms with van der Waals surface area (Å²) in [6.07, 6.45) is 5.11. The molecule has 22 heavy (non-hydrogen) atoms. The Morgan fingerprint density at radius 2 is 2.27 bits per heavy atom. The molecule has 0 amide bonds. The van der Waals surface area contributed by atoms with Crippen LogP contribution < -0.4 is 5.56 Å². The number of rotatable bonds is 6. The monoisotopic (exact) mass is 333 g/mol. The highest BCUT2D eigenvalue weighted by Gasteiger charge is 2.08. The summed E-state index contributed by atoms with van der Waals surface area (Å²) >= 11 is 3.07. The first-order chi connectivity index (χ1) is 10.7. The molecule has 114 valence electrons. The zero-order valence-corrected chi connectivity index (χ0v) is 13.7. The molecular formula is C15H15N3O2S2. The summed E-state index contributed by atoms with van der Waals surface area (Å²) < 4.78 is 5.07. The van der Waals surface area contributed by atoms with Gasteiger partial charge >= 0.3 is 0 Å². The van der Waals surface area contributed by atoms with E-state index < -0.39 is 0 Å². The van der Waals surface area contributed by atoms with Gasteiger partial charge in [-0.3, -0.25) is 4.79 Å². The van der Waals surface area contributed by atoms with Crippen molar-refractivity contribution in [3.63, 3.8) is 0 Å². The second-order valence-corrected chi connectivity index (χ2v) is 6.56. The van der Waals surface area contributed by atoms with Crippen LogP contribution in [0.2, 0.25) is 0 Å². The zero-order valence-electron chi connectivity index (χ0n) is 12.0. The van der Waals surface area contributed by atoms with Crippen molar-refractivity contribution in [2.45, 2.75) is 30.7 Å². The lowest BCUT2D eigenvalue weighted by Crippen LogP contribution is -2.09. The maximum atomic E-state index is 11.6.